The second kappa shape index (κ2) is 13.2. The first-order valence-electron chi connectivity index (χ1n) is 12.6. The van der Waals surface area contributed by atoms with E-state index in [1.165, 1.54) is 6.07 Å². The summed E-state index contributed by atoms with van der Waals surface area (Å²) in [4.78, 5) is 51.7. The van der Waals surface area contributed by atoms with Gasteiger partial charge in [0.25, 0.3) is 17.7 Å². The number of aromatic carboxylic acids is 1. The van der Waals surface area contributed by atoms with Crippen LogP contribution >= 0.6 is 0 Å². The highest BCUT2D eigenvalue weighted by molar-refractivity contribution is 6.17. The van der Waals surface area contributed by atoms with Crippen LogP contribution in [0.3, 0.4) is 0 Å². The third-order valence-corrected chi connectivity index (χ3v) is 6.06. The summed E-state index contributed by atoms with van der Waals surface area (Å²) in [6.45, 7) is 6.29. The monoisotopic (exact) mass is 515 g/mol. The van der Waals surface area contributed by atoms with Gasteiger partial charge in [-0.3, -0.25) is 14.4 Å². The van der Waals surface area contributed by atoms with Crippen LogP contribution in [-0.2, 0) is 0 Å². The van der Waals surface area contributed by atoms with E-state index in [1.807, 2.05) is 38.1 Å². The number of aryl methyl sites for hydroxylation is 2. The summed E-state index contributed by atoms with van der Waals surface area (Å²) in [5.74, 6) is -3.31. The number of amides is 3. The standard InChI is InChI=1S/C30H33N3O5/c1-4-5-6-7-16-31-27(34)23-18-26(30(37)38)25(29(36)33-22-14-10-20(3)11-15-22)17-24(23)28(35)32-21-12-8-19(2)9-13-21/h8-15,17-18H,4-7,16H2,1-3H3,(H,31,34)(H,32,35)(H,33,36)(H,37,38). The molecule has 3 aromatic rings. The maximum atomic E-state index is 13.3. The minimum absolute atomic E-state index is 0.101. The van der Waals surface area contributed by atoms with Crippen LogP contribution in [0.5, 0.6) is 0 Å². The number of carboxylic acid groups (broad SMARTS) is 1. The number of anilines is 2. The highest BCUT2D eigenvalue weighted by atomic mass is 16.4. The summed E-state index contributed by atoms with van der Waals surface area (Å²) in [6, 6.07) is 16.4. The Balaban J connectivity index is 1.99. The number of rotatable bonds is 11. The molecule has 198 valence electrons. The van der Waals surface area contributed by atoms with Gasteiger partial charge in [-0.05, 0) is 56.7 Å². The largest absolute Gasteiger partial charge is 0.478 e. The van der Waals surface area contributed by atoms with Crippen LogP contribution in [-0.4, -0.2) is 35.3 Å². The normalized spacial score (nSPS) is 10.5. The number of hydrogen-bond acceptors (Lipinski definition) is 4. The Bertz CT molecular complexity index is 1310. The Hall–Kier alpha value is -4.46. The number of unbranched alkanes of at least 4 members (excludes halogenated alkanes) is 3. The van der Waals surface area contributed by atoms with Gasteiger partial charge in [-0.25, -0.2) is 4.79 Å². The van der Waals surface area contributed by atoms with Crippen LogP contribution in [0.15, 0.2) is 60.7 Å². The van der Waals surface area contributed by atoms with Crippen molar-refractivity contribution in [3.8, 4) is 0 Å². The molecule has 0 fully saturated rings. The number of benzene rings is 3. The van der Waals surface area contributed by atoms with Gasteiger partial charge in [-0.2, -0.15) is 0 Å². The van der Waals surface area contributed by atoms with Crippen molar-refractivity contribution in [2.45, 2.75) is 46.5 Å². The van der Waals surface area contributed by atoms with Gasteiger partial charge in [0.1, 0.15) is 0 Å². The molecule has 38 heavy (non-hydrogen) atoms. The number of hydrogen-bond donors (Lipinski definition) is 4. The molecule has 0 atom stereocenters. The van der Waals surface area contributed by atoms with E-state index in [4.69, 9.17) is 0 Å². The summed E-state index contributed by atoms with van der Waals surface area (Å²) in [5.41, 5.74) is 2.15. The fraction of sp³-hybridized carbons (Fsp3) is 0.267. The first-order valence-corrected chi connectivity index (χ1v) is 12.6. The molecule has 0 bridgehead atoms. The minimum atomic E-state index is -1.39. The van der Waals surface area contributed by atoms with E-state index in [-0.39, 0.29) is 22.3 Å². The van der Waals surface area contributed by atoms with Crippen molar-refractivity contribution in [2.24, 2.45) is 0 Å². The number of carboxylic acids is 1. The predicted molar refractivity (Wildman–Crippen MR) is 148 cm³/mol. The molecule has 3 rings (SSSR count). The average Bonchev–Trinajstić information content (AvgIpc) is 2.90. The average molecular weight is 516 g/mol. The number of carbonyl (C=O) groups excluding carboxylic acids is 3. The number of carbonyl (C=O) groups is 4. The van der Waals surface area contributed by atoms with Gasteiger partial charge in [0.2, 0.25) is 0 Å². The molecule has 8 heteroatoms. The van der Waals surface area contributed by atoms with Crippen molar-refractivity contribution < 1.29 is 24.3 Å². The van der Waals surface area contributed by atoms with E-state index >= 15 is 0 Å². The summed E-state index contributed by atoms with van der Waals surface area (Å²) in [7, 11) is 0. The summed E-state index contributed by atoms with van der Waals surface area (Å²) in [5, 5.41) is 18.1. The Morgan fingerprint density at radius 1 is 0.632 bits per heavy atom. The van der Waals surface area contributed by atoms with E-state index in [2.05, 4.69) is 22.9 Å². The highest BCUT2D eigenvalue weighted by Gasteiger charge is 2.26. The van der Waals surface area contributed by atoms with Crippen LogP contribution in [0.1, 0.15) is 85.2 Å². The Morgan fingerprint density at radius 3 is 1.55 bits per heavy atom. The second-order valence-corrected chi connectivity index (χ2v) is 9.21. The SMILES string of the molecule is CCCCCCNC(=O)c1cc(C(=O)O)c(C(=O)Nc2ccc(C)cc2)cc1C(=O)Nc1ccc(C)cc1. The van der Waals surface area contributed by atoms with Crippen molar-refractivity contribution in [1.29, 1.82) is 0 Å². The fourth-order valence-electron chi connectivity index (χ4n) is 3.86. The van der Waals surface area contributed by atoms with Gasteiger partial charge in [0, 0.05) is 17.9 Å². The molecule has 4 N–H and O–H groups in total. The molecule has 0 heterocycles. The van der Waals surface area contributed by atoms with Crippen LogP contribution in [0, 0.1) is 13.8 Å². The zero-order valence-corrected chi connectivity index (χ0v) is 21.9. The maximum Gasteiger partial charge on any atom is 0.336 e. The Morgan fingerprint density at radius 2 is 1.08 bits per heavy atom. The molecule has 0 unspecified atom stereocenters. The lowest BCUT2D eigenvalue weighted by Gasteiger charge is -2.15. The number of nitrogens with one attached hydrogen (secondary N) is 3. The Labute approximate surface area is 222 Å². The first kappa shape index (κ1) is 28.1. The molecule has 0 aromatic heterocycles. The van der Waals surface area contributed by atoms with Crippen molar-refractivity contribution >= 4 is 35.1 Å². The third-order valence-electron chi connectivity index (χ3n) is 6.06. The van der Waals surface area contributed by atoms with E-state index in [0.717, 1.165) is 42.9 Å². The van der Waals surface area contributed by atoms with Gasteiger partial charge < -0.3 is 21.1 Å². The fourth-order valence-corrected chi connectivity index (χ4v) is 3.86. The molecular formula is C30H33N3O5. The third kappa shape index (κ3) is 7.52. The minimum Gasteiger partial charge on any atom is -0.478 e. The molecule has 0 spiro atoms. The van der Waals surface area contributed by atoms with E-state index in [0.29, 0.717) is 17.9 Å². The molecule has 0 radical (unpaired) electrons. The molecule has 0 aliphatic heterocycles. The van der Waals surface area contributed by atoms with Gasteiger partial charge in [-0.1, -0.05) is 61.6 Å². The quantitative estimate of drug-likeness (QED) is 0.240. The predicted octanol–water partition coefficient (Wildman–Crippen LogP) is 5.82. The smallest absolute Gasteiger partial charge is 0.336 e. The lowest BCUT2D eigenvalue weighted by atomic mass is 9.96. The molecule has 0 saturated carbocycles. The van der Waals surface area contributed by atoms with Crippen molar-refractivity contribution in [3.63, 3.8) is 0 Å². The maximum absolute atomic E-state index is 13.3. The first-order chi connectivity index (χ1) is 18.2. The molecular weight excluding hydrogens is 482 g/mol. The van der Waals surface area contributed by atoms with E-state index in [9.17, 15) is 24.3 Å². The zero-order valence-electron chi connectivity index (χ0n) is 21.9. The van der Waals surface area contributed by atoms with Crippen LogP contribution in [0.25, 0.3) is 0 Å². The second-order valence-electron chi connectivity index (χ2n) is 9.21. The lowest BCUT2D eigenvalue weighted by molar-refractivity contribution is 0.0692. The molecule has 0 saturated heterocycles. The van der Waals surface area contributed by atoms with Gasteiger partial charge in [0.15, 0.2) is 0 Å². The summed E-state index contributed by atoms with van der Waals surface area (Å²) < 4.78 is 0. The van der Waals surface area contributed by atoms with Gasteiger partial charge >= 0.3 is 5.97 Å². The van der Waals surface area contributed by atoms with Crippen LogP contribution in [0.2, 0.25) is 0 Å². The summed E-state index contributed by atoms with van der Waals surface area (Å²) >= 11 is 0. The van der Waals surface area contributed by atoms with E-state index < -0.39 is 23.7 Å². The van der Waals surface area contributed by atoms with Crippen molar-refractivity contribution in [2.75, 3.05) is 17.2 Å². The molecule has 3 amide bonds. The highest BCUT2D eigenvalue weighted by Crippen LogP contribution is 2.22. The van der Waals surface area contributed by atoms with Crippen molar-refractivity contribution in [1.82, 2.24) is 5.32 Å². The topological polar surface area (TPSA) is 125 Å². The molecule has 0 aliphatic carbocycles. The lowest BCUT2D eigenvalue weighted by Crippen LogP contribution is -2.29. The van der Waals surface area contributed by atoms with Crippen LogP contribution < -0.4 is 16.0 Å². The summed E-state index contributed by atoms with van der Waals surface area (Å²) in [6.07, 6.45) is 3.78. The molecule has 3 aromatic carbocycles. The van der Waals surface area contributed by atoms with Crippen molar-refractivity contribution in [3.05, 3.63) is 94.0 Å². The Kier molecular flexibility index (Phi) is 9.76. The zero-order chi connectivity index (χ0) is 27.7. The van der Waals surface area contributed by atoms with Gasteiger partial charge in [-0.15, -0.1) is 0 Å². The van der Waals surface area contributed by atoms with E-state index in [1.54, 1.807) is 24.3 Å². The molecule has 8 nitrogen and oxygen atoms in total. The molecule has 0 aliphatic rings. The van der Waals surface area contributed by atoms with Gasteiger partial charge in [0.05, 0.1) is 22.3 Å². The van der Waals surface area contributed by atoms with Crippen LogP contribution in [0.4, 0.5) is 11.4 Å².